The van der Waals surface area contributed by atoms with E-state index in [-0.39, 0.29) is 12.0 Å². The quantitative estimate of drug-likeness (QED) is 0.300. The molecular formula is C19H24N8O6. The summed E-state index contributed by atoms with van der Waals surface area (Å²) in [6.07, 6.45) is 1.49. The van der Waals surface area contributed by atoms with Gasteiger partial charge in [0.1, 0.15) is 18.3 Å². The molecule has 33 heavy (non-hydrogen) atoms. The number of aromatic nitrogens is 6. The van der Waals surface area contributed by atoms with E-state index in [9.17, 15) is 20.1 Å². The van der Waals surface area contributed by atoms with E-state index in [2.05, 4.69) is 25.4 Å². The first kappa shape index (κ1) is 21.7. The monoisotopic (exact) mass is 460 g/mol. The summed E-state index contributed by atoms with van der Waals surface area (Å²) < 4.78 is 14.0. The van der Waals surface area contributed by atoms with Gasteiger partial charge >= 0.3 is 0 Å². The van der Waals surface area contributed by atoms with Gasteiger partial charge in [-0.25, -0.2) is 9.67 Å². The predicted molar refractivity (Wildman–Crippen MR) is 113 cm³/mol. The smallest absolute Gasteiger partial charge is 0.254 e. The van der Waals surface area contributed by atoms with Crippen molar-refractivity contribution in [1.29, 1.82) is 0 Å². The van der Waals surface area contributed by atoms with Gasteiger partial charge in [0.05, 0.1) is 43.7 Å². The molecular weight excluding hydrogens is 436 g/mol. The molecule has 5 atom stereocenters. The molecule has 0 aromatic carbocycles. The van der Waals surface area contributed by atoms with Crippen LogP contribution in [0.4, 0.5) is 11.5 Å². The lowest BCUT2D eigenvalue weighted by Crippen LogP contribution is -2.33. The molecule has 0 bridgehead atoms. The Morgan fingerprint density at radius 1 is 1.33 bits per heavy atom. The Kier molecular flexibility index (Phi) is 5.67. The number of amides is 1. The second-order valence-corrected chi connectivity index (χ2v) is 7.99. The van der Waals surface area contributed by atoms with E-state index in [1.807, 2.05) is 0 Å². The average molecular weight is 460 g/mol. The third-order valence-electron chi connectivity index (χ3n) is 5.81. The maximum Gasteiger partial charge on any atom is 0.254 e. The van der Waals surface area contributed by atoms with Gasteiger partial charge in [0, 0.05) is 13.7 Å². The van der Waals surface area contributed by atoms with Crippen LogP contribution >= 0.6 is 0 Å². The molecule has 0 spiro atoms. The summed E-state index contributed by atoms with van der Waals surface area (Å²) in [6.45, 7) is 0.707. The van der Waals surface area contributed by atoms with E-state index < -0.39 is 31.1 Å². The molecule has 176 valence electrons. The number of nitrogens with one attached hydrogen (secondary N) is 1. The zero-order chi connectivity index (χ0) is 23.1. The van der Waals surface area contributed by atoms with Crippen molar-refractivity contribution < 1.29 is 29.6 Å². The summed E-state index contributed by atoms with van der Waals surface area (Å²) in [6, 6.07) is 0.0318. The zero-order valence-electron chi connectivity index (χ0n) is 17.7. The lowest BCUT2D eigenvalue weighted by molar-refractivity contribution is -0.107. The van der Waals surface area contributed by atoms with Gasteiger partial charge in [0.25, 0.3) is 5.95 Å². The summed E-state index contributed by atoms with van der Waals surface area (Å²) in [5.74, 6) is 0.639. The number of carbonyl (C=O) groups excluding carboxylic acids is 1. The van der Waals surface area contributed by atoms with Crippen LogP contribution < -0.4 is 10.2 Å². The van der Waals surface area contributed by atoms with Gasteiger partial charge in [0.2, 0.25) is 6.41 Å². The average Bonchev–Trinajstić information content (AvgIpc) is 3.61. The highest BCUT2D eigenvalue weighted by atomic mass is 16.6. The van der Waals surface area contributed by atoms with Crippen molar-refractivity contribution >= 4 is 29.1 Å². The van der Waals surface area contributed by atoms with E-state index in [4.69, 9.17) is 9.47 Å². The highest BCUT2D eigenvalue weighted by Gasteiger charge is 2.44. The number of aliphatic hydroxyl groups is 3. The first-order valence-corrected chi connectivity index (χ1v) is 10.4. The maximum absolute atomic E-state index is 11.1. The van der Waals surface area contributed by atoms with Gasteiger partial charge in [-0.05, 0) is 6.42 Å². The number of hydrogen-bond donors (Lipinski definition) is 4. The topological polar surface area (TPSA) is 173 Å². The van der Waals surface area contributed by atoms with Crippen molar-refractivity contribution in [3.05, 3.63) is 18.7 Å². The molecule has 2 saturated heterocycles. The summed E-state index contributed by atoms with van der Waals surface area (Å²) >= 11 is 0. The summed E-state index contributed by atoms with van der Waals surface area (Å²) in [7, 11) is 1.60. The maximum atomic E-state index is 11.1. The fourth-order valence-corrected chi connectivity index (χ4v) is 3.91. The minimum Gasteiger partial charge on any atom is -0.394 e. The number of nitrogens with zero attached hydrogens (tertiary/aromatic N) is 7. The van der Waals surface area contributed by atoms with Gasteiger partial charge < -0.3 is 35.0 Å². The Balaban J connectivity index is 1.59. The molecule has 5 rings (SSSR count). The zero-order valence-corrected chi connectivity index (χ0v) is 17.7. The molecule has 3 aromatic heterocycles. The highest BCUT2D eigenvalue weighted by Crippen LogP contribution is 2.33. The van der Waals surface area contributed by atoms with Crippen molar-refractivity contribution in [2.75, 3.05) is 37.1 Å². The molecule has 5 heterocycles. The van der Waals surface area contributed by atoms with Crippen LogP contribution in [0, 0.1) is 0 Å². The Bertz CT molecular complexity index is 1140. The van der Waals surface area contributed by atoms with Crippen molar-refractivity contribution in [2.24, 2.45) is 0 Å². The van der Waals surface area contributed by atoms with Gasteiger partial charge in [0.15, 0.2) is 23.2 Å². The van der Waals surface area contributed by atoms with Crippen LogP contribution in [0.5, 0.6) is 0 Å². The number of imidazole rings is 1. The minimum absolute atomic E-state index is 0.0318. The highest BCUT2D eigenvalue weighted by molar-refractivity contribution is 5.84. The van der Waals surface area contributed by atoms with Gasteiger partial charge in [-0.3, -0.25) is 9.36 Å². The SMILES string of the molecule is CN(C=O)c1cnn(-c2nc(N[C@@H]3CCOC3)c3ncn([C@@H]4O[C@H](CO)[C@@H](O)[C@H]4O)c3n2)c1. The number of fused-ring (bicyclic) bond motifs is 1. The summed E-state index contributed by atoms with van der Waals surface area (Å²) in [5, 5.41) is 37.7. The van der Waals surface area contributed by atoms with Crippen molar-refractivity contribution in [3.8, 4) is 5.95 Å². The van der Waals surface area contributed by atoms with Crippen LogP contribution in [-0.4, -0.2) is 102 Å². The standard InChI is InChI=1S/C19H24N8O6/c1-25(9-29)11-4-21-27(5-11)19-23-16(22-10-2-3-32-7-10)13-17(24-19)26(8-20-13)18-15(31)14(30)12(6-28)33-18/h4-5,8-10,12,14-15,18,28,30-31H,2-3,6-7H2,1H3,(H,22,23,24)/t10-,12-,14-,15-,18-/m1/s1. The van der Waals surface area contributed by atoms with Crippen LogP contribution in [0.1, 0.15) is 12.6 Å². The summed E-state index contributed by atoms with van der Waals surface area (Å²) in [4.78, 5) is 26.0. The molecule has 3 aromatic rings. The Morgan fingerprint density at radius 3 is 2.88 bits per heavy atom. The number of carbonyl (C=O) groups is 1. The first-order chi connectivity index (χ1) is 16.0. The third-order valence-corrected chi connectivity index (χ3v) is 5.81. The van der Waals surface area contributed by atoms with Crippen molar-refractivity contribution in [1.82, 2.24) is 29.3 Å². The number of anilines is 2. The van der Waals surface area contributed by atoms with Crippen molar-refractivity contribution in [2.45, 2.75) is 37.0 Å². The molecule has 14 heteroatoms. The molecule has 14 nitrogen and oxygen atoms in total. The van der Waals surface area contributed by atoms with Crippen LogP contribution in [0.25, 0.3) is 17.1 Å². The molecule has 4 N–H and O–H groups in total. The van der Waals surface area contributed by atoms with E-state index >= 15 is 0 Å². The lowest BCUT2D eigenvalue weighted by Gasteiger charge is -2.17. The van der Waals surface area contributed by atoms with E-state index in [1.54, 1.807) is 13.2 Å². The third kappa shape index (κ3) is 3.81. The van der Waals surface area contributed by atoms with E-state index in [1.165, 1.54) is 26.7 Å². The van der Waals surface area contributed by atoms with Gasteiger partial charge in [-0.15, -0.1) is 0 Å². The Morgan fingerprint density at radius 2 is 2.18 bits per heavy atom. The van der Waals surface area contributed by atoms with Crippen LogP contribution in [0.15, 0.2) is 18.7 Å². The first-order valence-electron chi connectivity index (χ1n) is 10.4. The normalized spacial score (nSPS) is 27.3. The lowest BCUT2D eigenvalue weighted by atomic mass is 10.1. The fourth-order valence-electron chi connectivity index (χ4n) is 3.91. The molecule has 2 aliphatic rings. The minimum atomic E-state index is -1.30. The molecule has 0 radical (unpaired) electrons. The summed E-state index contributed by atoms with van der Waals surface area (Å²) in [5.41, 5.74) is 1.31. The number of hydrogen-bond acceptors (Lipinski definition) is 11. The Labute approximate surface area is 187 Å². The Hall–Kier alpha value is -3.17. The van der Waals surface area contributed by atoms with E-state index in [0.29, 0.717) is 42.3 Å². The largest absolute Gasteiger partial charge is 0.394 e. The molecule has 0 saturated carbocycles. The van der Waals surface area contributed by atoms with Gasteiger partial charge in [-0.1, -0.05) is 0 Å². The second-order valence-electron chi connectivity index (χ2n) is 7.99. The van der Waals surface area contributed by atoms with Gasteiger partial charge in [-0.2, -0.15) is 15.1 Å². The molecule has 2 aliphatic heterocycles. The van der Waals surface area contributed by atoms with Crippen molar-refractivity contribution in [3.63, 3.8) is 0 Å². The molecule has 2 fully saturated rings. The van der Waals surface area contributed by atoms with Crippen LogP contribution in [0.2, 0.25) is 0 Å². The molecule has 1 amide bonds. The number of rotatable bonds is 7. The molecule has 0 unspecified atom stereocenters. The fraction of sp³-hybridized carbons (Fsp3) is 0.526. The molecule has 0 aliphatic carbocycles. The predicted octanol–water partition coefficient (Wildman–Crippen LogP) is -1.58. The second kappa shape index (κ2) is 8.64. The number of aliphatic hydroxyl groups excluding tert-OH is 3. The van der Waals surface area contributed by atoms with Crippen LogP contribution in [0.3, 0.4) is 0 Å². The number of ether oxygens (including phenoxy) is 2. The van der Waals surface area contributed by atoms with Crippen LogP contribution in [-0.2, 0) is 14.3 Å². The van der Waals surface area contributed by atoms with E-state index in [0.717, 1.165) is 6.42 Å².